The third kappa shape index (κ3) is 6.24. The van der Waals surface area contributed by atoms with Crippen molar-refractivity contribution < 1.29 is 9.84 Å². The minimum atomic E-state index is 0.290. The third-order valence-electron chi connectivity index (χ3n) is 4.54. The van der Waals surface area contributed by atoms with E-state index in [1.54, 1.807) is 12.1 Å². The van der Waals surface area contributed by atoms with Crippen molar-refractivity contribution in [1.82, 2.24) is 4.90 Å². The van der Waals surface area contributed by atoms with E-state index in [9.17, 15) is 5.11 Å². The summed E-state index contributed by atoms with van der Waals surface area (Å²) in [5, 5.41) is 13.1. The van der Waals surface area contributed by atoms with Gasteiger partial charge < -0.3 is 20.1 Å². The summed E-state index contributed by atoms with van der Waals surface area (Å²) < 4.78 is 5.41. The molecule has 5 nitrogen and oxygen atoms in total. The minimum absolute atomic E-state index is 0.290. The van der Waals surface area contributed by atoms with Crippen LogP contribution in [0.4, 0.5) is 5.69 Å². The number of ether oxygens (including phenoxy) is 1. The monoisotopic (exact) mass is 347 g/mol. The van der Waals surface area contributed by atoms with Crippen LogP contribution >= 0.6 is 0 Å². The number of phenolic OH excluding ortho intramolecular Hbond substituents is 1. The Morgan fingerprint density at radius 1 is 1.32 bits per heavy atom. The molecule has 1 aliphatic heterocycles. The lowest BCUT2D eigenvalue weighted by Crippen LogP contribution is -2.45. The van der Waals surface area contributed by atoms with E-state index >= 15 is 0 Å². The minimum Gasteiger partial charge on any atom is -0.508 e. The molecule has 1 heterocycles. The molecule has 0 radical (unpaired) electrons. The Morgan fingerprint density at radius 3 is 2.68 bits per heavy atom. The van der Waals surface area contributed by atoms with Crippen LogP contribution in [-0.4, -0.2) is 48.8 Å². The average molecular weight is 348 g/mol. The summed E-state index contributed by atoms with van der Waals surface area (Å²) in [7, 11) is 0. The van der Waals surface area contributed by atoms with E-state index in [0.29, 0.717) is 17.6 Å². The summed E-state index contributed by atoms with van der Waals surface area (Å²) in [4.78, 5) is 7.20. The van der Waals surface area contributed by atoms with Crippen molar-refractivity contribution in [3.63, 3.8) is 0 Å². The number of anilines is 1. The molecule has 0 aliphatic carbocycles. The Morgan fingerprint density at radius 2 is 2.04 bits per heavy atom. The quantitative estimate of drug-likeness (QED) is 0.355. The van der Waals surface area contributed by atoms with Gasteiger partial charge in [-0.2, -0.15) is 0 Å². The lowest BCUT2D eigenvalue weighted by molar-refractivity contribution is 0.146. The molecular formula is C20H33N3O2. The Labute approximate surface area is 152 Å². The number of aromatic hydroxyl groups is 1. The standard InChI is InChI=1S/C20H33N3O2/c1-5-25-10-6-9-21-20(23-13-15(2)11-16(3)14-23)22-19-8-7-18(24)12-17(19)4/h7-8,12,15-16,24H,5-6,9-11,13-14H2,1-4H3,(H,21,22). The van der Waals surface area contributed by atoms with Gasteiger partial charge in [0.2, 0.25) is 0 Å². The molecule has 1 aliphatic rings. The molecule has 2 unspecified atom stereocenters. The number of piperidine rings is 1. The molecule has 0 aromatic heterocycles. The summed E-state index contributed by atoms with van der Waals surface area (Å²) >= 11 is 0. The fourth-order valence-electron chi connectivity index (χ4n) is 3.46. The molecule has 1 aromatic rings. The lowest BCUT2D eigenvalue weighted by atomic mass is 9.92. The molecule has 1 saturated heterocycles. The molecular weight excluding hydrogens is 314 g/mol. The van der Waals surface area contributed by atoms with Crippen LogP contribution in [0.3, 0.4) is 0 Å². The first-order valence-electron chi connectivity index (χ1n) is 9.43. The van der Waals surface area contributed by atoms with Crippen LogP contribution in [0.25, 0.3) is 0 Å². The van der Waals surface area contributed by atoms with Crippen molar-refractivity contribution in [2.45, 2.75) is 40.5 Å². The molecule has 1 fully saturated rings. The predicted octanol–water partition coefficient (Wildman–Crippen LogP) is 3.87. The number of likely N-dealkylation sites (tertiary alicyclic amines) is 1. The van der Waals surface area contributed by atoms with Crippen LogP contribution in [0.2, 0.25) is 0 Å². The SMILES string of the molecule is CCOCCCN=C(Nc1ccc(O)cc1C)N1CC(C)CC(C)C1. The maximum atomic E-state index is 9.63. The Balaban J connectivity index is 2.11. The van der Waals surface area contributed by atoms with Gasteiger partial charge in [0, 0.05) is 38.5 Å². The smallest absolute Gasteiger partial charge is 0.198 e. The number of phenols is 1. The second-order valence-corrected chi connectivity index (χ2v) is 7.23. The van der Waals surface area contributed by atoms with E-state index in [4.69, 9.17) is 9.73 Å². The number of nitrogens with zero attached hydrogens (tertiary/aromatic N) is 2. The van der Waals surface area contributed by atoms with E-state index in [2.05, 4.69) is 24.1 Å². The molecule has 5 heteroatoms. The highest BCUT2D eigenvalue weighted by Crippen LogP contribution is 2.24. The summed E-state index contributed by atoms with van der Waals surface area (Å²) in [5.41, 5.74) is 2.01. The first-order valence-corrected chi connectivity index (χ1v) is 9.43. The molecule has 140 valence electrons. The maximum Gasteiger partial charge on any atom is 0.198 e. The molecule has 25 heavy (non-hydrogen) atoms. The van der Waals surface area contributed by atoms with Crippen molar-refractivity contribution in [1.29, 1.82) is 0 Å². The fourth-order valence-corrected chi connectivity index (χ4v) is 3.46. The largest absolute Gasteiger partial charge is 0.508 e. The zero-order valence-electron chi connectivity index (χ0n) is 16.1. The van der Waals surface area contributed by atoms with Gasteiger partial charge in [-0.15, -0.1) is 0 Å². The number of nitrogens with one attached hydrogen (secondary N) is 1. The summed E-state index contributed by atoms with van der Waals surface area (Å²) in [6.07, 6.45) is 2.19. The summed E-state index contributed by atoms with van der Waals surface area (Å²) in [6.45, 7) is 12.9. The van der Waals surface area contributed by atoms with Crippen LogP contribution < -0.4 is 5.32 Å². The fraction of sp³-hybridized carbons (Fsp3) is 0.650. The molecule has 1 aromatic carbocycles. The molecule has 2 atom stereocenters. The van der Waals surface area contributed by atoms with Gasteiger partial charge in [0.15, 0.2) is 5.96 Å². The van der Waals surface area contributed by atoms with Crippen LogP contribution in [0, 0.1) is 18.8 Å². The van der Waals surface area contributed by atoms with Crippen molar-refractivity contribution >= 4 is 11.6 Å². The molecule has 2 N–H and O–H groups in total. The molecule has 0 spiro atoms. The maximum absolute atomic E-state index is 9.63. The topological polar surface area (TPSA) is 57.1 Å². The van der Waals surface area contributed by atoms with E-state index in [1.165, 1.54) is 6.42 Å². The van der Waals surface area contributed by atoms with Crippen molar-refractivity contribution in [2.24, 2.45) is 16.8 Å². The second-order valence-electron chi connectivity index (χ2n) is 7.23. The lowest BCUT2D eigenvalue weighted by Gasteiger charge is -2.37. The summed E-state index contributed by atoms with van der Waals surface area (Å²) in [6, 6.07) is 5.40. The number of benzene rings is 1. The van der Waals surface area contributed by atoms with Crippen molar-refractivity contribution in [3.8, 4) is 5.75 Å². The highest BCUT2D eigenvalue weighted by atomic mass is 16.5. The zero-order chi connectivity index (χ0) is 18.2. The van der Waals surface area contributed by atoms with Gasteiger partial charge >= 0.3 is 0 Å². The van der Waals surface area contributed by atoms with Gasteiger partial charge in [-0.3, -0.25) is 4.99 Å². The van der Waals surface area contributed by atoms with Gasteiger partial charge in [-0.1, -0.05) is 13.8 Å². The van der Waals surface area contributed by atoms with Crippen LogP contribution in [0.5, 0.6) is 5.75 Å². The number of aryl methyl sites for hydroxylation is 1. The second kappa shape index (κ2) is 9.66. The number of aliphatic imine (C=N–C) groups is 1. The van der Waals surface area contributed by atoms with Gasteiger partial charge in [0.1, 0.15) is 5.75 Å². The average Bonchev–Trinajstić information content (AvgIpc) is 2.54. The van der Waals surface area contributed by atoms with Crippen LogP contribution in [0.15, 0.2) is 23.2 Å². The van der Waals surface area contributed by atoms with E-state index in [0.717, 1.165) is 56.5 Å². The summed E-state index contributed by atoms with van der Waals surface area (Å²) in [5.74, 6) is 2.56. The van der Waals surface area contributed by atoms with Gasteiger partial charge in [-0.05, 0) is 62.3 Å². The first-order chi connectivity index (χ1) is 12.0. The van der Waals surface area contributed by atoms with Crippen LogP contribution in [0.1, 0.15) is 39.2 Å². The Bertz CT molecular complexity index is 564. The van der Waals surface area contributed by atoms with Crippen molar-refractivity contribution in [2.75, 3.05) is 38.2 Å². The molecule has 0 bridgehead atoms. The molecule has 0 amide bonds. The predicted molar refractivity (Wildman–Crippen MR) is 104 cm³/mol. The number of rotatable bonds is 6. The third-order valence-corrected chi connectivity index (χ3v) is 4.54. The number of hydrogen-bond donors (Lipinski definition) is 2. The highest BCUT2D eigenvalue weighted by Gasteiger charge is 2.24. The zero-order valence-corrected chi connectivity index (χ0v) is 16.1. The van der Waals surface area contributed by atoms with E-state index < -0.39 is 0 Å². The van der Waals surface area contributed by atoms with E-state index in [1.807, 2.05) is 19.9 Å². The number of hydrogen-bond acceptors (Lipinski definition) is 3. The normalized spacial score (nSPS) is 21.4. The first kappa shape index (κ1) is 19.6. The number of guanidine groups is 1. The Hall–Kier alpha value is -1.75. The van der Waals surface area contributed by atoms with Gasteiger partial charge in [0.05, 0.1) is 0 Å². The van der Waals surface area contributed by atoms with Gasteiger partial charge in [-0.25, -0.2) is 0 Å². The van der Waals surface area contributed by atoms with Crippen LogP contribution in [-0.2, 0) is 4.74 Å². The Kier molecular flexibility index (Phi) is 7.56. The van der Waals surface area contributed by atoms with Crippen molar-refractivity contribution in [3.05, 3.63) is 23.8 Å². The van der Waals surface area contributed by atoms with E-state index in [-0.39, 0.29) is 0 Å². The molecule has 2 rings (SSSR count). The molecule has 0 saturated carbocycles. The highest BCUT2D eigenvalue weighted by molar-refractivity contribution is 5.94. The van der Waals surface area contributed by atoms with Gasteiger partial charge in [0.25, 0.3) is 0 Å².